The quantitative estimate of drug-likeness (QED) is 0.605. The molecule has 0 saturated carbocycles. The molecule has 0 unspecified atom stereocenters. The Hall–Kier alpha value is -1.18. The lowest BCUT2D eigenvalue weighted by atomic mass is 9.91. The topological polar surface area (TPSA) is 30.0 Å². The molecular formula is C11H13NO. The first-order valence-electron chi connectivity index (χ1n) is 4.69. The van der Waals surface area contributed by atoms with Gasteiger partial charge >= 0.3 is 0 Å². The van der Waals surface area contributed by atoms with Crippen LogP contribution in [0.4, 0.5) is 0 Å². The fourth-order valence-electron chi connectivity index (χ4n) is 1.95. The Morgan fingerprint density at radius 3 is 2.85 bits per heavy atom. The molecule has 0 atom stereocenters. The maximum atomic E-state index is 11.5. The molecule has 0 spiro atoms. The Morgan fingerprint density at radius 2 is 2.08 bits per heavy atom. The molecule has 2 rings (SSSR count). The van der Waals surface area contributed by atoms with E-state index in [2.05, 4.69) is 18.0 Å². The summed E-state index contributed by atoms with van der Waals surface area (Å²) >= 11 is 0. The highest BCUT2D eigenvalue weighted by Gasteiger charge is 2.20. The maximum absolute atomic E-state index is 11.5. The number of ketones is 1. The van der Waals surface area contributed by atoms with E-state index < -0.39 is 0 Å². The van der Waals surface area contributed by atoms with Crippen LogP contribution in [0.15, 0.2) is 6.07 Å². The van der Waals surface area contributed by atoms with Crippen LogP contribution in [-0.4, -0.2) is 10.8 Å². The molecule has 1 aromatic rings. The fourth-order valence-corrected chi connectivity index (χ4v) is 1.95. The number of nitrogens with zero attached hydrogens (tertiary/aromatic N) is 1. The molecule has 1 aliphatic carbocycles. The third-order valence-corrected chi connectivity index (χ3v) is 2.57. The summed E-state index contributed by atoms with van der Waals surface area (Å²) in [4.78, 5) is 15.8. The number of hydrogen-bond donors (Lipinski definition) is 0. The second kappa shape index (κ2) is 2.95. The van der Waals surface area contributed by atoms with Crippen molar-refractivity contribution in [1.82, 2.24) is 4.98 Å². The van der Waals surface area contributed by atoms with Gasteiger partial charge in [-0.25, -0.2) is 4.98 Å². The zero-order valence-electron chi connectivity index (χ0n) is 8.05. The van der Waals surface area contributed by atoms with Crippen LogP contribution in [-0.2, 0) is 6.42 Å². The Balaban J connectivity index is 2.63. The van der Waals surface area contributed by atoms with Crippen molar-refractivity contribution < 1.29 is 4.79 Å². The van der Waals surface area contributed by atoms with Gasteiger partial charge in [-0.15, -0.1) is 0 Å². The Labute approximate surface area is 78.0 Å². The molecule has 0 bridgehead atoms. The van der Waals surface area contributed by atoms with E-state index in [1.165, 1.54) is 11.1 Å². The van der Waals surface area contributed by atoms with E-state index in [0.717, 1.165) is 24.2 Å². The Morgan fingerprint density at radius 1 is 1.31 bits per heavy atom. The monoisotopic (exact) mass is 175 g/mol. The molecule has 2 nitrogen and oxygen atoms in total. The smallest absolute Gasteiger partial charge is 0.181 e. The molecule has 0 fully saturated rings. The van der Waals surface area contributed by atoms with Crippen LogP contribution in [0.3, 0.4) is 0 Å². The molecule has 0 radical (unpaired) electrons. The van der Waals surface area contributed by atoms with Gasteiger partial charge in [0.05, 0.1) is 0 Å². The van der Waals surface area contributed by atoms with Crippen LogP contribution < -0.4 is 0 Å². The van der Waals surface area contributed by atoms with E-state index in [-0.39, 0.29) is 5.78 Å². The summed E-state index contributed by atoms with van der Waals surface area (Å²) < 4.78 is 0. The third kappa shape index (κ3) is 1.37. The second-order valence-corrected chi connectivity index (χ2v) is 3.68. The zero-order chi connectivity index (χ0) is 9.42. The first-order valence-corrected chi connectivity index (χ1v) is 4.69. The van der Waals surface area contributed by atoms with E-state index in [4.69, 9.17) is 0 Å². The van der Waals surface area contributed by atoms with Gasteiger partial charge in [-0.3, -0.25) is 4.79 Å². The fraction of sp³-hybridized carbons (Fsp3) is 0.455. The van der Waals surface area contributed by atoms with Crippen molar-refractivity contribution in [2.75, 3.05) is 0 Å². The average Bonchev–Trinajstić information content (AvgIpc) is 2.07. The van der Waals surface area contributed by atoms with Crippen molar-refractivity contribution in [2.45, 2.75) is 33.1 Å². The zero-order valence-corrected chi connectivity index (χ0v) is 8.05. The summed E-state index contributed by atoms with van der Waals surface area (Å²) in [6.07, 6.45) is 2.67. The summed E-state index contributed by atoms with van der Waals surface area (Å²) in [5.74, 6) is 0.216. The summed E-state index contributed by atoms with van der Waals surface area (Å²) in [7, 11) is 0. The predicted octanol–water partition coefficient (Wildman–Crippen LogP) is 2.22. The van der Waals surface area contributed by atoms with Crippen LogP contribution >= 0.6 is 0 Å². The normalized spacial score (nSPS) is 15.7. The molecule has 0 saturated heterocycles. The molecule has 1 aliphatic rings. The number of aryl methyl sites for hydroxylation is 2. The highest BCUT2D eigenvalue weighted by atomic mass is 16.1. The molecular weight excluding hydrogens is 162 g/mol. The number of hydrogen-bond acceptors (Lipinski definition) is 2. The first kappa shape index (κ1) is 8.42. The molecule has 0 N–H and O–H groups in total. The largest absolute Gasteiger partial charge is 0.292 e. The summed E-state index contributed by atoms with van der Waals surface area (Å²) in [5, 5.41) is 0. The van der Waals surface area contributed by atoms with Crippen LogP contribution in [0.25, 0.3) is 0 Å². The minimum absolute atomic E-state index is 0.216. The summed E-state index contributed by atoms with van der Waals surface area (Å²) in [6.45, 7) is 4.00. The number of pyridine rings is 1. The molecule has 1 aromatic heterocycles. The first-order chi connectivity index (χ1) is 6.18. The molecule has 1 heterocycles. The van der Waals surface area contributed by atoms with Crippen molar-refractivity contribution in [3.05, 3.63) is 28.6 Å². The lowest BCUT2D eigenvalue weighted by Crippen LogP contribution is -2.15. The van der Waals surface area contributed by atoms with Crippen molar-refractivity contribution in [1.29, 1.82) is 0 Å². The lowest BCUT2D eigenvalue weighted by molar-refractivity contribution is 0.0966. The SMILES string of the molecule is Cc1cc(C)c2c(n1)C(=O)CCC2. The van der Waals surface area contributed by atoms with Gasteiger partial charge in [0.25, 0.3) is 0 Å². The van der Waals surface area contributed by atoms with E-state index in [9.17, 15) is 4.79 Å². The van der Waals surface area contributed by atoms with Gasteiger partial charge < -0.3 is 0 Å². The van der Waals surface area contributed by atoms with E-state index in [1.807, 2.05) is 6.92 Å². The molecule has 0 aromatic carbocycles. The van der Waals surface area contributed by atoms with Gasteiger partial charge in [0, 0.05) is 12.1 Å². The van der Waals surface area contributed by atoms with E-state index >= 15 is 0 Å². The molecule has 68 valence electrons. The third-order valence-electron chi connectivity index (χ3n) is 2.57. The van der Waals surface area contributed by atoms with Gasteiger partial charge in [-0.1, -0.05) is 0 Å². The van der Waals surface area contributed by atoms with Crippen LogP contribution in [0.5, 0.6) is 0 Å². The number of aromatic nitrogens is 1. The van der Waals surface area contributed by atoms with Gasteiger partial charge in [-0.05, 0) is 43.9 Å². The molecule has 2 heteroatoms. The number of fused-ring (bicyclic) bond motifs is 1. The molecule has 0 amide bonds. The maximum Gasteiger partial charge on any atom is 0.181 e. The van der Waals surface area contributed by atoms with E-state index in [0.29, 0.717) is 6.42 Å². The average molecular weight is 175 g/mol. The van der Waals surface area contributed by atoms with Crippen LogP contribution in [0.2, 0.25) is 0 Å². The molecule has 13 heavy (non-hydrogen) atoms. The Kier molecular flexibility index (Phi) is 1.91. The standard InChI is InChI=1S/C11H13NO/c1-7-6-8(2)12-11-9(7)4-3-5-10(11)13/h6H,3-5H2,1-2H3. The van der Waals surface area contributed by atoms with Gasteiger partial charge in [0.15, 0.2) is 5.78 Å². The molecule has 0 aliphatic heterocycles. The minimum Gasteiger partial charge on any atom is -0.292 e. The Bertz CT molecular complexity index is 369. The number of Topliss-reactive ketones (excluding diaryl/α,β-unsaturated/α-hetero) is 1. The van der Waals surface area contributed by atoms with Crippen LogP contribution in [0.1, 0.15) is 40.2 Å². The van der Waals surface area contributed by atoms with Gasteiger partial charge in [0.2, 0.25) is 0 Å². The highest BCUT2D eigenvalue weighted by Crippen LogP contribution is 2.22. The highest BCUT2D eigenvalue weighted by molar-refractivity contribution is 5.96. The van der Waals surface area contributed by atoms with Gasteiger partial charge in [-0.2, -0.15) is 0 Å². The second-order valence-electron chi connectivity index (χ2n) is 3.68. The van der Waals surface area contributed by atoms with Crippen molar-refractivity contribution in [2.24, 2.45) is 0 Å². The lowest BCUT2D eigenvalue weighted by Gasteiger charge is -2.16. The van der Waals surface area contributed by atoms with E-state index in [1.54, 1.807) is 0 Å². The number of carbonyl (C=O) groups excluding carboxylic acids is 1. The number of carbonyl (C=O) groups is 1. The van der Waals surface area contributed by atoms with Crippen LogP contribution in [0, 0.1) is 13.8 Å². The van der Waals surface area contributed by atoms with Crippen molar-refractivity contribution >= 4 is 5.78 Å². The summed E-state index contributed by atoms with van der Waals surface area (Å²) in [5.41, 5.74) is 4.06. The van der Waals surface area contributed by atoms with Crippen molar-refractivity contribution in [3.8, 4) is 0 Å². The number of rotatable bonds is 0. The van der Waals surface area contributed by atoms with Gasteiger partial charge in [0.1, 0.15) is 5.69 Å². The predicted molar refractivity (Wildman–Crippen MR) is 51.0 cm³/mol. The summed E-state index contributed by atoms with van der Waals surface area (Å²) in [6, 6.07) is 2.05. The minimum atomic E-state index is 0.216. The van der Waals surface area contributed by atoms with Crippen molar-refractivity contribution in [3.63, 3.8) is 0 Å².